The molecule has 1 heterocycles. The Hall–Kier alpha value is -1.85. The Kier molecular flexibility index (Phi) is 4.19. The first kappa shape index (κ1) is 13.6. The van der Waals surface area contributed by atoms with E-state index in [9.17, 15) is 0 Å². The molecule has 3 N–H and O–H groups in total. The van der Waals surface area contributed by atoms with Crippen LogP contribution >= 0.6 is 0 Å². The first-order chi connectivity index (χ1) is 9.17. The SMILES string of the molecule is CCN(C)Cc1cc2ccc(OC)cc2nc1NN. The van der Waals surface area contributed by atoms with Crippen molar-refractivity contribution in [1.82, 2.24) is 9.88 Å². The summed E-state index contributed by atoms with van der Waals surface area (Å²) in [6, 6.07) is 7.97. The topological polar surface area (TPSA) is 63.4 Å². The number of nitrogens with one attached hydrogen (secondary N) is 1. The number of methoxy groups -OCH3 is 1. The standard InChI is InChI=1S/C14H20N4O/c1-4-18(2)9-11-7-10-5-6-12(19-3)8-13(10)16-14(11)17-15/h5-8H,4,9,15H2,1-3H3,(H,16,17). The Labute approximate surface area is 113 Å². The van der Waals surface area contributed by atoms with Gasteiger partial charge < -0.3 is 15.1 Å². The molecule has 2 rings (SSSR count). The lowest BCUT2D eigenvalue weighted by Gasteiger charge is -2.17. The Bertz CT molecular complexity index is 571. The second kappa shape index (κ2) is 5.86. The second-order valence-corrected chi connectivity index (χ2v) is 4.53. The predicted molar refractivity (Wildman–Crippen MR) is 78.1 cm³/mol. The van der Waals surface area contributed by atoms with E-state index in [1.54, 1.807) is 7.11 Å². The number of ether oxygens (including phenoxy) is 1. The van der Waals surface area contributed by atoms with Gasteiger partial charge in [0.15, 0.2) is 0 Å². The minimum absolute atomic E-state index is 0.709. The van der Waals surface area contributed by atoms with E-state index >= 15 is 0 Å². The number of hydrazine groups is 1. The molecule has 0 saturated heterocycles. The summed E-state index contributed by atoms with van der Waals surface area (Å²) in [5.41, 5.74) is 4.63. The predicted octanol–water partition coefficient (Wildman–Crippen LogP) is 1.98. The number of hydrogen-bond donors (Lipinski definition) is 2. The highest BCUT2D eigenvalue weighted by atomic mass is 16.5. The third-order valence-corrected chi connectivity index (χ3v) is 3.22. The van der Waals surface area contributed by atoms with Gasteiger partial charge >= 0.3 is 0 Å². The van der Waals surface area contributed by atoms with E-state index in [0.717, 1.165) is 35.3 Å². The Morgan fingerprint density at radius 1 is 1.37 bits per heavy atom. The van der Waals surface area contributed by atoms with Crippen molar-refractivity contribution in [1.29, 1.82) is 0 Å². The van der Waals surface area contributed by atoms with Gasteiger partial charge in [0.05, 0.1) is 12.6 Å². The summed E-state index contributed by atoms with van der Waals surface area (Å²) < 4.78 is 5.21. The maximum absolute atomic E-state index is 5.57. The van der Waals surface area contributed by atoms with Crippen LogP contribution in [0.25, 0.3) is 10.9 Å². The van der Waals surface area contributed by atoms with Gasteiger partial charge in [-0.05, 0) is 31.8 Å². The van der Waals surface area contributed by atoms with E-state index in [1.807, 2.05) is 18.2 Å². The number of nitrogens with zero attached hydrogens (tertiary/aromatic N) is 2. The maximum Gasteiger partial charge on any atom is 0.145 e. The van der Waals surface area contributed by atoms with E-state index in [1.165, 1.54) is 0 Å². The summed E-state index contributed by atoms with van der Waals surface area (Å²) in [5.74, 6) is 7.07. The van der Waals surface area contributed by atoms with Crippen LogP contribution in [-0.4, -0.2) is 30.6 Å². The van der Waals surface area contributed by atoms with Crippen molar-refractivity contribution >= 4 is 16.7 Å². The smallest absolute Gasteiger partial charge is 0.145 e. The molecule has 0 spiro atoms. The molecule has 0 aliphatic carbocycles. The molecule has 0 amide bonds. The lowest BCUT2D eigenvalue weighted by molar-refractivity contribution is 0.346. The molecule has 0 fully saturated rings. The minimum atomic E-state index is 0.709. The van der Waals surface area contributed by atoms with Crippen molar-refractivity contribution < 1.29 is 4.74 Å². The average Bonchev–Trinajstić information content (AvgIpc) is 2.45. The number of hydrogen-bond acceptors (Lipinski definition) is 5. The van der Waals surface area contributed by atoms with Gasteiger partial charge in [0.25, 0.3) is 0 Å². The molecule has 0 unspecified atom stereocenters. The van der Waals surface area contributed by atoms with E-state index < -0.39 is 0 Å². The van der Waals surface area contributed by atoms with Crippen LogP contribution in [0.3, 0.4) is 0 Å². The Balaban J connectivity index is 2.47. The van der Waals surface area contributed by atoms with Crippen LogP contribution in [0.1, 0.15) is 12.5 Å². The number of nitrogen functional groups attached to an aromatic ring is 1. The monoisotopic (exact) mass is 260 g/mol. The van der Waals surface area contributed by atoms with Crippen LogP contribution in [0, 0.1) is 0 Å². The number of nitrogens with two attached hydrogens (primary N) is 1. The van der Waals surface area contributed by atoms with Crippen molar-refractivity contribution in [2.45, 2.75) is 13.5 Å². The highest BCUT2D eigenvalue weighted by Gasteiger charge is 2.08. The highest BCUT2D eigenvalue weighted by Crippen LogP contribution is 2.24. The highest BCUT2D eigenvalue weighted by molar-refractivity contribution is 5.83. The Morgan fingerprint density at radius 3 is 2.79 bits per heavy atom. The zero-order chi connectivity index (χ0) is 13.8. The summed E-state index contributed by atoms with van der Waals surface area (Å²) >= 11 is 0. The molecule has 0 radical (unpaired) electrons. The summed E-state index contributed by atoms with van der Waals surface area (Å²) in [5, 5.41) is 1.08. The Morgan fingerprint density at radius 2 is 2.16 bits per heavy atom. The van der Waals surface area contributed by atoms with Crippen LogP contribution in [0.5, 0.6) is 5.75 Å². The molecule has 5 heteroatoms. The first-order valence-corrected chi connectivity index (χ1v) is 6.30. The zero-order valence-electron chi connectivity index (χ0n) is 11.6. The molecular weight excluding hydrogens is 240 g/mol. The number of anilines is 1. The van der Waals surface area contributed by atoms with Crippen LogP contribution in [0.2, 0.25) is 0 Å². The molecule has 0 bridgehead atoms. The first-order valence-electron chi connectivity index (χ1n) is 6.30. The molecule has 0 atom stereocenters. The number of pyridine rings is 1. The molecule has 102 valence electrons. The van der Waals surface area contributed by atoms with Crippen LogP contribution in [0.4, 0.5) is 5.82 Å². The van der Waals surface area contributed by atoms with Gasteiger partial charge in [-0.3, -0.25) is 0 Å². The van der Waals surface area contributed by atoms with Crippen molar-refractivity contribution in [3.05, 3.63) is 29.8 Å². The molecule has 5 nitrogen and oxygen atoms in total. The molecule has 0 aliphatic rings. The lowest BCUT2D eigenvalue weighted by atomic mass is 10.1. The van der Waals surface area contributed by atoms with Crippen molar-refractivity contribution in [2.24, 2.45) is 5.84 Å². The molecule has 19 heavy (non-hydrogen) atoms. The molecule has 0 saturated carbocycles. The largest absolute Gasteiger partial charge is 0.497 e. The van der Waals surface area contributed by atoms with Gasteiger partial charge in [-0.1, -0.05) is 6.92 Å². The van der Waals surface area contributed by atoms with E-state index in [0.29, 0.717) is 5.82 Å². The maximum atomic E-state index is 5.57. The summed E-state index contributed by atoms with van der Waals surface area (Å²) in [4.78, 5) is 6.75. The normalized spacial score (nSPS) is 11.0. The molecule has 1 aromatic heterocycles. The fraction of sp³-hybridized carbons (Fsp3) is 0.357. The number of benzene rings is 1. The summed E-state index contributed by atoms with van der Waals surface area (Å²) in [6.07, 6.45) is 0. The van der Waals surface area contributed by atoms with Crippen molar-refractivity contribution in [2.75, 3.05) is 26.1 Å². The molecule has 1 aromatic carbocycles. The third kappa shape index (κ3) is 2.94. The fourth-order valence-electron chi connectivity index (χ4n) is 1.97. The minimum Gasteiger partial charge on any atom is -0.497 e. The van der Waals surface area contributed by atoms with Gasteiger partial charge in [0, 0.05) is 23.6 Å². The van der Waals surface area contributed by atoms with E-state index in [2.05, 4.69) is 35.3 Å². The van der Waals surface area contributed by atoms with Crippen molar-refractivity contribution in [3.63, 3.8) is 0 Å². The second-order valence-electron chi connectivity index (χ2n) is 4.53. The van der Waals surface area contributed by atoms with Gasteiger partial charge in [0.2, 0.25) is 0 Å². The van der Waals surface area contributed by atoms with Gasteiger partial charge in [-0.25, -0.2) is 10.8 Å². The molecule has 0 aliphatic heterocycles. The van der Waals surface area contributed by atoms with Crippen LogP contribution < -0.4 is 16.0 Å². The number of fused-ring (bicyclic) bond motifs is 1. The summed E-state index contributed by atoms with van der Waals surface area (Å²) in [6.45, 7) is 3.91. The van der Waals surface area contributed by atoms with Crippen LogP contribution in [0.15, 0.2) is 24.3 Å². The van der Waals surface area contributed by atoms with Crippen molar-refractivity contribution in [3.8, 4) is 5.75 Å². The molecule has 2 aromatic rings. The van der Waals surface area contributed by atoms with E-state index in [4.69, 9.17) is 10.6 Å². The zero-order valence-corrected chi connectivity index (χ0v) is 11.6. The average molecular weight is 260 g/mol. The van der Waals surface area contributed by atoms with Gasteiger partial charge in [0.1, 0.15) is 11.6 Å². The van der Waals surface area contributed by atoms with E-state index in [-0.39, 0.29) is 0 Å². The van der Waals surface area contributed by atoms with Gasteiger partial charge in [-0.15, -0.1) is 0 Å². The summed E-state index contributed by atoms with van der Waals surface area (Å²) in [7, 11) is 3.71. The lowest BCUT2D eigenvalue weighted by Crippen LogP contribution is -2.19. The quantitative estimate of drug-likeness (QED) is 0.636. The molecular formula is C14H20N4O. The van der Waals surface area contributed by atoms with Gasteiger partial charge in [-0.2, -0.15) is 0 Å². The van der Waals surface area contributed by atoms with Crippen LogP contribution in [-0.2, 0) is 6.54 Å². The fourth-order valence-corrected chi connectivity index (χ4v) is 1.97. The number of aromatic nitrogens is 1. The third-order valence-electron chi connectivity index (χ3n) is 3.22. The number of rotatable bonds is 5.